The summed E-state index contributed by atoms with van der Waals surface area (Å²) in [6.45, 7) is 14.1. The van der Waals surface area contributed by atoms with E-state index in [0.29, 0.717) is 0 Å². The van der Waals surface area contributed by atoms with Crippen LogP contribution < -0.4 is 0 Å². The van der Waals surface area contributed by atoms with Gasteiger partial charge in [-0.05, 0) is 44.5 Å². The monoisotopic (exact) mass is 1390 g/mol. The summed E-state index contributed by atoms with van der Waals surface area (Å²) < 4.78 is 0. The van der Waals surface area contributed by atoms with E-state index in [9.17, 15) is 0 Å². The number of hydrogen-bond acceptors (Lipinski definition) is 0. The van der Waals surface area contributed by atoms with Gasteiger partial charge < -0.3 is 0 Å². The molecule has 0 fully saturated rings. The zero-order valence-corrected chi connectivity index (χ0v) is 61.0. The Hall–Kier alpha value is -9.46. The molecule has 12 aromatic carbocycles. The normalized spacial score (nSPS) is 15.3. The Kier molecular flexibility index (Phi) is 19.4. The molecule has 0 heterocycles. The number of fused-ring (bicyclic) bond motifs is 4. The summed E-state index contributed by atoms with van der Waals surface area (Å²) in [5.41, 5.74) is 30.4. The molecule has 0 bridgehead atoms. The number of halogens is 2. The number of aryl methyl sites for hydroxylation is 4. The SMILES string of the molecule is Cc1cc2c([c-]1C(C)[c-]1c(C)cc3c1C=CC=CC3(c1ccccc1)c1ccccc1)C=CC=CC2(c1ccccc1)c1ccccc1.Cc1cc2c([c-]1C(C)[c-]1c(C)cc3c1C=CC=CC3(c1ccccc1)c1ccccc1)C=CC=CC2(c1ccccc1)c1ccccc1.[Cl][Zr][Cl]. The predicted octanol–water partition coefficient (Wildman–Crippen LogP) is 24.8. The molecule has 0 N–H and O–H groups in total. The third kappa shape index (κ3) is 11.7. The molecule has 0 aliphatic heterocycles. The Morgan fingerprint density at radius 3 is 0.556 bits per heavy atom. The van der Waals surface area contributed by atoms with Gasteiger partial charge >= 0.3 is 37.9 Å². The Balaban J connectivity index is 0.000000163. The molecular formula is C96H80Cl2Zr-4. The van der Waals surface area contributed by atoms with Crippen LogP contribution in [0.2, 0.25) is 0 Å². The van der Waals surface area contributed by atoms with Gasteiger partial charge in [-0.3, -0.25) is 0 Å². The molecule has 0 amide bonds. The van der Waals surface area contributed by atoms with E-state index in [1.54, 1.807) is 0 Å². The van der Waals surface area contributed by atoms with Gasteiger partial charge in [0.25, 0.3) is 0 Å². The quantitative estimate of drug-likeness (QED) is 0.107. The van der Waals surface area contributed by atoms with E-state index in [2.05, 4.69) is 406 Å². The summed E-state index contributed by atoms with van der Waals surface area (Å²) in [5.74, 6) is 0.355. The molecule has 4 aliphatic rings. The molecule has 0 spiro atoms. The number of rotatable bonds is 12. The molecule has 16 rings (SSSR count). The van der Waals surface area contributed by atoms with Crippen molar-refractivity contribution in [2.45, 2.75) is 75.0 Å². The van der Waals surface area contributed by atoms with Crippen LogP contribution in [0.15, 0.2) is 340 Å². The molecule has 486 valence electrons. The summed E-state index contributed by atoms with van der Waals surface area (Å²) in [7, 11) is 9.87. The van der Waals surface area contributed by atoms with Crippen LogP contribution in [0.4, 0.5) is 0 Å². The van der Waals surface area contributed by atoms with Gasteiger partial charge in [0.15, 0.2) is 0 Å². The van der Waals surface area contributed by atoms with E-state index < -0.39 is 42.5 Å². The van der Waals surface area contributed by atoms with Gasteiger partial charge in [0.1, 0.15) is 0 Å². The van der Waals surface area contributed by atoms with Crippen molar-refractivity contribution in [3.8, 4) is 0 Å². The van der Waals surface area contributed by atoms with E-state index in [1.807, 2.05) is 0 Å². The zero-order valence-electron chi connectivity index (χ0n) is 57.1. The second-order valence-corrected chi connectivity index (χ2v) is 30.6. The summed E-state index contributed by atoms with van der Waals surface area (Å²) in [4.78, 5) is 0. The molecule has 0 unspecified atom stereocenters. The van der Waals surface area contributed by atoms with Crippen molar-refractivity contribution in [3.63, 3.8) is 0 Å². The van der Waals surface area contributed by atoms with E-state index in [4.69, 9.17) is 17.0 Å². The predicted molar refractivity (Wildman–Crippen MR) is 418 cm³/mol. The van der Waals surface area contributed by atoms with Crippen molar-refractivity contribution < 1.29 is 20.8 Å². The molecular weight excluding hydrogens is 1320 g/mol. The van der Waals surface area contributed by atoms with Gasteiger partial charge in [0.2, 0.25) is 0 Å². The summed E-state index contributed by atoms with van der Waals surface area (Å²) in [5, 5.41) is 0. The first kappa shape index (κ1) is 66.8. The van der Waals surface area contributed by atoms with Crippen molar-refractivity contribution in [1.82, 2.24) is 0 Å². The van der Waals surface area contributed by atoms with E-state index >= 15 is 0 Å². The van der Waals surface area contributed by atoms with Gasteiger partial charge in [0.05, 0.1) is 0 Å². The number of benzene rings is 8. The Morgan fingerprint density at radius 1 is 0.253 bits per heavy atom. The maximum absolute atomic E-state index is 4.93. The van der Waals surface area contributed by atoms with Crippen LogP contribution in [0.1, 0.15) is 159 Å². The van der Waals surface area contributed by atoms with Gasteiger partial charge in [0, 0.05) is 21.7 Å². The molecule has 0 nitrogen and oxygen atoms in total. The summed E-state index contributed by atoms with van der Waals surface area (Å²) in [6.07, 6.45) is 36.9. The maximum atomic E-state index is 4.93. The van der Waals surface area contributed by atoms with Crippen LogP contribution in [0.3, 0.4) is 0 Å². The number of allylic oxidation sites excluding steroid dienone is 12. The molecule has 99 heavy (non-hydrogen) atoms. The molecule has 3 heteroatoms. The minimum atomic E-state index is -0.826. The van der Waals surface area contributed by atoms with E-state index in [1.165, 1.54) is 134 Å². The van der Waals surface area contributed by atoms with Crippen molar-refractivity contribution in [2.24, 2.45) is 0 Å². The molecule has 0 aromatic heterocycles. The van der Waals surface area contributed by atoms with Crippen LogP contribution in [0.5, 0.6) is 0 Å². The fourth-order valence-electron chi connectivity index (χ4n) is 17.6. The second kappa shape index (κ2) is 28.8. The molecule has 0 saturated heterocycles. The zero-order chi connectivity index (χ0) is 68.1. The summed E-state index contributed by atoms with van der Waals surface area (Å²) in [6, 6.07) is 97.9. The molecule has 4 aliphatic carbocycles. The molecule has 12 aromatic rings. The Bertz CT molecular complexity index is 4240. The minimum absolute atomic E-state index is 0.177. The van der Waals surface area contributed by atoms with Crippen LogP contribution in [-0.4, -0.2) is 0 Å². The molecule has 0 atom stereocenters. The van der Waals surface area contributed by atoms with Crippen molar-refractivity contribution in [2.75, 3.05) is 0 Å². The van der Waals surface area contributed by atoms with E-state index in [-0.39, 0.29) is 11.8 Å². The first-order chi connectivity index (χ1) is 48.5. The number of hydrogen-bond donors (Lipinski definition) is 0. The van der Waals surface area contributed by atoms with Crippen molar-refractivity contribution >= 4 is 41.3 Å². The average molecular weight is 1400 g/mol. The van der Waals surface area contributed by atoms with Gasteiger partial charge in [-0.15, -0.1) is 138 Å². The first-order valence-electron chi connectivity index (χ1n) is 34.6. The fourth-order valence-corrected chi connectivity index (χ4v) is 17.6. The first-order valence-corrected chi connectivity index (χ1v) is 40.9. The van der Waals surface area contributed by atoms with Crippen LogP contribution in [-0.2, 0) is 42.5 Å². The van der Waals surface area contributed by atoms with Crippen molar-refractivity contribution in [1.29, 1.82) is 0 Å². The second-order valence-electron chi connectivity index (χ2n) is 26.8. The van der Waals surface area contributed by atoms with Gasteiger partial charge in [-0.1, -0.05) is 345 Å². The molecule has 0 radical (unpaired) electrons. The summed E-state index contributed by atoms with van der Waals surface area (Å²) >= 11 is -0.826. The third-order valence-electron chi connectivity index (χ3n) is 21.6. The standard InChI is InChI=1S/2C48H40.2ClH.Zr/c2*1-34-32-43-41(28-16-18-30-47(43,37-20-8-4-9-21-37)38-22-10-5-11-23-38)45(34)36(3)46-35(2)33-44-42(46)29-17-19-31-48(44,39-24-12-6-13-25-39)40-26-14-7-15-27-40;;;/h2*4-33,36H,1-3H3;2*1H;/q2*-2;;;+2/p-2. The Labute approximate surface area is 605 Å². The van der Waals surface area contributed by atoms with Crippen molar-refractivity contribution in [3.05, 3.63) is 473 Å². The third-order valence-corrected chi connectivity index (χ3v) is 21.6. The van der Waals surface area contributed by atoms with Gasteiger partial charge in [-0.25, -0.2) is 0 Å². The molecule has 0 saturated carbocycles. The van der Waals surface area contributed by atoms with Crippen LogP contribution in [0.25, 0.3) is 24.3 Å². The van der Waals surface area contributed by atoms with Crippen LogP contribution >= 0.6 is 17.0 Å². The topological polar surface area (TPSA) is 0 Å². The van der Waals surface area contributed by atoms with Crippen LogP contribution in [0, 0.1) is 27.7 Å². The fraction of sp³-hybridized carbons (Fsp3) is 0.125. The van der Waals surface area contributed by atoms with Gasteiger partial charge in [-0.2, -0.15) is 24.3 Å². The van der Waals surface area contributed by atoms with E-state index in [0.717, 1.165) is 0 Å². The average Bonchev–Trinajstić information content (AvgIpc) is 1.68. The Morgan fingerprint density at radius 2 is 0.404 bits per heavy atom.